The van der Waals surface area contributed by atoms with Crippen LogP contribution in [0.15, 0.2) is 5.38 Å². The number of aryl methyl sites for hydroxylation is 1. The Labute approximate surface area is 123 Å². The van der Waals surface area contributed by atoms with E-state index in [9.17, 15) is 9.90 Å². The molecule has 0 saturated heterocycles. The normalized spacial score (nSPS) is 11.6. The van der Waals surface area contributed by atoms with Crippen molar-refractivity contribution in [2.45, 2.75) is 39.0 Å². The Balaban J connectivity index is 2.36. The number of thioether (sulfide) groups is 1. The first-order valence-electron chi connectivity index (χ1n) is 6.30. The summed E-state index contributed by atoms with van der Waals surface area (Å²) in [5, 5.41) is 12.8. The molecule has 0 aliphatic rings. The number of aliphatic hydroxyl groups is 1. The van der Waals surface area contributed by atoms with Gasteiger partial charge >= 0.3 is 0 Å². The molecule has 1 aromatic heterocycles. The van der Waals surface area contributed by atoms with Crippen LogP contribution in [-0.4, -0.2) is 45.3 Å². The molecule has 0 aliphatic carbocycles. The van der Waals surface area contributed by atoms with E-state index in [1.54, 1.807) is 41.8 Å². The van der Waals surface area contributed by atoms with Gasteiger partial charge < -0.3 is 10.0 Å². The Hall–Kier alpha value is -0.590. The molecular formula is C13H22N2O2S2. The topological polar surface area (TPSA) is 53.4 Å². The monoisotopic (exact) mass is 302 g/mol. The molecule has 1 N–H and O–H groups in total. The molecule has 0 bridgehead atoms. The summed E-state index contributed by atoms with van der Waals surface area (Å²) in [7, 11) is 0. The first-order chi connectivity index (χ1) is 8.81. The summed E-state index contributed by atoms with van der Waals surface area (Å²) in [6.07, 6.45) is 0. The molecule has 0 spiro atoms. The highest BCUT2D eigenvalue weighted by molar-refractivity contribution is 7.99. The summed E-state index contributed by atoms with van der Waals surface area (Å²) in [4.78, 5) is 18.1. The van der Waals surface area contributed by atoms with Gasteiger partial charge in [0.05, 0.1) is 22.1 Å². The second-order valence-corrected chi connectivity index (χ2v) is 7.12. The zero-order valence-electron chi connectivity index (χ0n) is 12.0. The van der Waals surface area contributed by atoms with Crippen LogP contribution in [0.4, 0.5) is 0 Å². The van der Waals surface area contributed by atoms with Crippen LogP contribution in [0.3, 0.4) is 0 Å². The van der Waals surface area contributed by atoms with E-state index in [2.05, 4.69) is 4.98 Å². The van der Waals surface area contributed by atoms with Crippen molar-refractivity contribution in [1.82, 2.24) is 9.88 Å². The lowest BCUT2D eigenvalue weighted by Crippen LogP contribution is -2.42. The van der Waals surface area contributed by atoms with Gasteiger partial charge in [-0.3, -0.25) is 4.79 Å². The lowest BCUT2D eigenvalue weighted by Gasteiger charge is -2.28. The van der Waals surface area contributed by atoms with Crippen LogP contribution in [0.25, 0.3) is 0 Å². The van der Waals surface area contributed by atoms with Crippen molar-refractivity contribution in [3.63, 3.8) is 0 Å². The summed E-state index contributed by atoms with van der Waals surface area (Å²) >= 11 is 3.20. The van der Waals surface area contributed by atoms with E-state index >= 15 is 0 Å². The number of carbonyl (C=O) groups is 1. The van der Waals surface area contributed by atoms with Crippen molar-refractivity contribution in [3.8, 4) is 0 Å². The Morgan fingerprint density at radius 3 is 2.74 bits per heavy atom. The van der Waals surface area contributed by atoms with Crippen molar-refractivity contribution >= 4 is 29.0 Å². The van der Waals surface area contributed by atoms with E-state index in [-0.39, 0.29) is 5.91 Å². The predicted octanol–water partition coefficient (Wildman–Crippen LogP) is 2.30. The fourth-order valence-corrected chi connectivity index (χ4v) is 3.19. The highest BCUT2D eigenvalue weighted by atomic mass is 32.2. The van der Waals surface area contributed by atoms with Crippen LogP contribution in [0.1, 0.15) is 31.5 Å². The number of thiazole rings is 1. The van der Waals surface area contributed by atoms with Gasteiger partial charge in [0.2, 0.25) is 5.91 Å². The van der Waals surface area contributed by atoms with Crippen molar-refractivity contribution < 1.29 is 9.90 Å². The van der Waals surface area contributed by atoms with Crippen LogP contribution in [-0.2, 0) is 10.5 Å². The minimum Gasteiger partial charge on any atom is -0.389 e. The molecule has 108 valence electrons. The van der Waals surface area contributed by atoms with E-state index < -0.39 is 5.60 Å². The molecule has 0 saturated carbocycles. The fourth-order valence-electron chi connectivity index (χ4n) is 1.65. The zero-order chi connectivity index (χ0) is 14.5. The van der Waals surface area contributed by atoms with Gasteiger partial charge in [0, 0.05) is 24.2 Å². The van der Waals surface area contributed by atoms with E-state index in [0.29, 0.717) is 18.8 Å². The fraction of sp³-hybridized carbons (Fsp3) is 0.692. The number of hydrogen-bond acceptors (Lipinski definition) is 5. The van der Waals surface area contributed by atoms with Gasteiger partial charge in [-0.25, -0.2) is 4.98 Å². The molecule has 4 nitrogen and oxygen atoms in total. The SMILES string of the molecule is CCN(CC(C)(C)O)C(=O)CSCc1csc(C)n1. The average Bonchev–Trinajstić information content (AvgIpc) is 2.70. The second-order valence-electron chi connectivity index (χ2n) is 5.07. The molecule has 6 heteroatoms. The van der Waals surface area contributed by atoms with E-state index in [1.807, 2.05) is 19.2 Å². The predicted molar refractivity (Wildman–Crippen MR) is 81.6 cm³/mol. The molecule has 19 heavy (non-hydrogen) atoms. The molecule has 0 unspecified atom stereocenters. The quantitative estimate of drug-likeness (QED) is 0.840. The van der Waals surface area contributed by atoms with Crippen LogP contribution in [0.2, 0.25) is 0 Å². The highest BCUT2D eigenvalue weighted by Gasteiger charge is 2.21. The van der Waals surface area contributed by atoms with Crippen molar-refractivity contribution in [2.75, 3.05) is 18.8 Å². The molecule has 1 rings (SSSR count). The number of aromatic nitrogens is 1. The third-order valence-electron chi connectivity index (χ3n) is 2.45. The molecule has 0 fully saturated rings. The van der Waals surface area contributed by atoms with Crippen molar-refractivity contribution in [1.29, 1.82) is 0 Å². The lowest BCUT2D eigenvalue weighted by molar-refractivity contribution is -0.131. The van der Waals surface area contributed by atoms with E-state index in [4.69, 9.17) is 0 Å². The highest BCUT2D eigenvalue weighted by Crippen LogP contribution is 2.16. The van der Waals surface area contributed by atoms with Gasteiger partial charge in [0.1, 0.15) is 0 Å². The van der Waals surface area contributed by atoms with Crippen molar-refractivity contribution in [2.24, 2.45) is 0 Å². The standard InChI is InChI=1S/C13H22N2O2S2/c1-5-15(9-13(3,4)17)12(16)8-18-6-11-7-19-10(2)14-11/h7,17H,5-6,8-9H2,1-4H3. The minimum absolute atomic E-state index is 0.0709. The van der Waals surface area contributed by atoms with Gasteiger partial charge in [0.25, 0.3) is 0 Å². The maximum absolute atomic E-state index is 12.0. The van der Waals surface area contributed by atoms with Crippen LogP contribution >= 0.6 is 23.1 Å². The maximum Gasteiger partial charge on any atom is 0.232 e. The number of rotatable bonds is 7. The van der Waals surface area contributed by atoms with Crippen LogP contribution in [0.5, 0.6) is 0 Å². The van der Waals surface area contributed by atoms with Crippen LogP contribution in [0, 0.1) is 6.92 Å². The third-order valence-corrected chi connectivity index (χ3v) is 4.23. The smallest absolute Gasteiger partial charge is 0.232 e. The summed E-state index contributed by atoms with van der Waals surface area (Å²) in [6.45, 7) is 8.34. The minimum atomic E-state index is -0.845. The second kappa shape index (κ2) is 7.26. The Kier molecular flexibility index (Phi) is 6.29. The molecule has 0 aliphatic heterocycles. The third kappa shape index (κ3) is 6.40. The van der Waals surface area contributed by atoms with Gasteiger partial charge in [-0.15, -0.1) is 23.1 Å². The number of amides is 1. The Bertz CT molecular complexity index is 413. The number of likely N-dealkylation sites (N-methyl/N-ethyl adjacent to an activating group) is 1. The largest absolute Gasteiger partial charge is 0.389 e. The molecular weight excluding hydrogens is 280 g/mol. The summed E-state index contributed by atoms with van der Waals surface area (Å²) in [5.74, 6) is 1.26. The molecule has 0 aromatic carbocycles. The Morgan fingerprint density at radius 1 is 1.58 bits per heavy atom. The average molecular weight is 302 g/mol. The van der Waals surface area contributed by atoms with Gasteiger partial charge in [-0.1, -0.05) is 0 Å². The molecule has 1 amide bonds. The van der Waals surface area contributed by atoms with E-state index in [1.165, 1.54) is 0 Å². The first-order valence-corrected chi connectivity index (χ1v) is 8.34. The number of hydrogen-bond donors (Lipinski definition) is 1. The summed E-state index contributed by atoms with van der Waals surface area (Å²) in [6, 6.07) is 0. The van der Waals surface area contributed by atoms with E-state index in [0.717, 1.165) is 16.5 Å². The lowest BCUT2D eigenvalue weighted by atomic mass is 10.1. The van der Waals surface area contributed by atoms with Gasteiger partial charge in [-0.05, 0) is 27.7 Å². The molecule has 0 radical (unpaired) electrons. The van der Waals surface area contributed by atoms with Gasteiger partial charge in [-0.2, -0.15) is 0 Å². The maximum atomic E-state index is 12.0. The molecule has 0 atom stereocenters. The van der Waals surface area contributed by atoms with Gasteiger partial charge in [0.15, 0.2) is 0 Å². The summed E-state index contributed by atoms with van der Waals surface area (Å²) in [5.41, 5.74) is 0.188. The zero-order valence-corrected chi connectivity index (χ0v) is 13.6. The first kappa shape index (κ1) is 16.5. The Morgan fingerprint density at radius 2 is 2.26 bits per heavy atom. The van der Waals surface area contributed by atoms with Crippen molar-refractivity contribution in [3.05, 3.63) is 16.1 Å². The van der Waals surface area contributed by atoms with Crippen LogP contribution < -0.4 is 0 Å². The molecule has 1 heterocycles. The number of nitrogens with zero attached hydrogens (tertiary/aromatic N) is 2. The summed E-state index contributed by atoms with van der Waals surface area (Å²) < 4.78 is 0. The molecule has 1 aromatic rings. The number of carbonyl (C=O) groups excluding carboxylic acids is 1.